The average molecular weight is 253 g/mol. The Morgan fingerprint density at radius 3 is 2.16 bits per heavy atom. The zero-order chi connectivity index (χ0) is 13.8. The number of hydrogen-bond acceptors (Lipinski definition) is 1. The van der Waals surface area contributed by atoms with Crippen molar-refractivity contribution < 1.29 is 4.39 Å². The minimum atomic E-state index is -0.226. The van der Waals surface area contributed by atoms with Crippen LogP contribution in [0.15, 0.2) is 48.5 Å². The second kappa shape index (κ2) is 5.67. The summed E-state index contributed by atoms with van der Waals surface area (Å²) in [5.41, 5.74) is 2.41. The smallest absolute Gasteiger partial charge is 0.131 e. The Bertz CT molecular complexity index is 593. The van der Waals surface area contributed by atoms with Crippen molar-refractivity contribution in [3.8, 4) is 17.2 Å². The van der Waals surface area contributed by atoms with Crippen LogP contribution >= 0.6 is 0 Å². The summed E-state index contributed by atoms with van der Waals surface area (Å²) in [5.74, 6) is -0.0741. The van der Waals surface area contributed by atoms with Gasteiger partial charge in [-0.05, 0) is 23.1 Å². The third-order valence-corrected chi connectivity index (χ3v) is 3.26. The Balaban J connectivity index is 2.34. The molecule has 0 aliphatic carbocycles. The standard InChI is InChI=1S/C17H16FN/c1-12(2)16(11-19)14-9-7-13(8-10-14)15-5-3-4-6-17(15)18/h3-10,12,16H,1-2H3. The lowest BCUT2D eigenvalue weighted by Gasteiger charge is -2.13. The van der Waals surface area contributed by atoms with Crippen molar-refractivity contribution in [2.24, 2.45) is 5.92 Å². The number of halogens is 1. The largest absolute Gasteiger partial charge is 0.206 e. The van der Waals surface area contributed by atoms with Gasteiger partial charge in [0.2, 0.25) is 0 Å². The fraction of sp³-hybridized carbons (Fsp3) is 0.235. The lowest BCUT2D eigenvalue weighted by Crippen LogP contribution is -2.03. The summed E-state index contributed by atoms with van der Waals surface area (Å²) in [5, 5.41) is 9.17. The van der Waals surface area contributed by atoms with Gasteiger partial charge in [0, 0.05) is 5.56 Å². The molecule has 0 fully saturated rings. The Kier molecular flexibility index (Phi) is 3.97. The molecular formula is C17H16FN. The molecule has 0 bridgehead atoms. The summed E-state index contributed by atoms with van der Waals surface area (Å²) in [6, 6.07) is 16.6. The van der Waals surface area contributed by atoms with Crippen LogP contribution < -0.4 is 0 Å². The summed E-state index contributed by atoms with van der Waals surface area (Å²) in [6.45, 7) is 4.05. The molecule has 1 nitrogen and oxygen atoms in total. The molecule has 2 heteroatoms. The molecule has 2 rings (SSSR count). The van der Waals surface area contributed by atoms with Crippen molar-refractivity contribution in [2.75, 3.05) is 0 Å². The van der Waals surface area contributed by atoms with E-state index in [0.717, 1.165) is 11.1 Å². The minimum absolute atomic E-state index is 0.116. The molecule has 2 aromatic rings. The van der Waals surface area contributed by atoms with Gasteiger partial charge in [0.25, 0.3) is 0 Å². The van der Waals surface area contributed by atoms with Gasteiger partial charge in [0.15, 0.2) is 0 Å². The summed E-state index contributed by atoms with van der Waals surface area (Å²) >= 11 is 0. The van der Waals surface area contributed by atoms with E-state index in [9.17, 15) is 9.65 Å². The van der Waals surface area contributed by atoms with Gasteiger partial charge < -0.3 is 0 Å². The van der Waals surface area contributed by atoms with E-state index in [1.165, 1.54) is 6.07 Å². The van der Waals surface area contributed by atoms with Crippen LogP contribution in [-0.4, -0.2) is 0 Å². The van der Waals surface area contributed by atoms with Gasteiger partial charge in [-0.15, -0.1) is 0 Å². The van der Waals surface area contributed by atoms with E-state index in [1.807, 2.05) is 44.2 Å². The molecule has 0 saturated carbocycles. The highest BCUT2D eigenvalue weighted by molar-refractivity contribution is 5.64. The molecule has 1 atom stereocenters. The Labute approximate surface area is 113 Å². The van der Waals surface area contributed by atoms with Crippen LogP contribution in [0.5, 0.6) is 0 Å². The van der Waals surface area contributed by atoms with E-state index in [-0.39, 0.29) is 17.7 Å². The number of nitriles is 1. The average Bonchev–Trinajstić information content (AvgIpc) is 2.41. The van der Waals surface area contributed by atoms with E-state index >= 15 is 0 Å². The third-order valence-electron chi connectivity index (χ3n) is 3.26. The lowest BCUT2D eigenvalue weighted by molar-refractivity contribution is 0.587. The predicted octanol–water partition coefficient (Wildman–Crippen LogP) is 4.76. The topological polar surface area (TPSA) is 23.8 Å². The fourth-order valence-electron chi connectivity index (χ4n) is 2.17. The maximum Gasteiger partial charge on any atom is 0.131 e. The van der Waals surface area contributed by atoms with Gasteiger partial charge in [0.05, 0.1) is 12.0 Å². The monoisotopic (exact) mass is 253 g/mol. The van der Waals surface area contributed by atoms with Gasteiger partial charge in [-0.25, -0.2) is 4.39 Å². The molecule has 0 saturated heterocycles. The zero-order valence-corrected chi connectivity index (χ0v) is 11.1. The van der Waals surface area contributed by atoms with E-state index in [0.29, 0.717) is 5.56 Å². The van der Waals surface area contributed by atoms with Crippen molar-refractivity contribution in [1.29, 1.82) is 5.26 Å². The normalized spacial score (nSPS) is 12.2. The second-order valence-electron chi connectivity index (χ2n) is 4.95. The van der Waals surface area contributed by atoms with Crippen molar-refractivity contribution in [3.63, 3.8) is 0 Å². The first kappa shape index (κ1) is 13.3. The zero-order valence-electron chi connectivity index (χ0n) is 11.1. The Hall–Kier alpha value is -2.14. The molecule has 0 aliphatic heterocycles. The van der Waals surface area contributed by atoms with Crippen molar-refractivity contribution in [2.45, 2.75) is 19.8 Å². The molecule has 0 aromatic heterocycles. The first-order chi connectivity index (χ1) is 9.13. The Morgan fingerprint density at radius 1 is 1.00 bits per heavy atom. The van der Waals surface area contributed by atoms with Crippen LogP contribution in [-0.2, 0) is 0 Å². The predicted molar refractivity (Wildman–Crippen MR) is 75.0 cm³/mol. The van der Waals surface area contributed by atoms with Gasteiger partial charge in [-0.3, -0.25) is 0 Å². The van der Waals surface area contributed by atoms with Crippen LogP contribution in [0.3, 0.4) is 0 Å². The number of rotatable bonds is 3. The summed E-state index contributed by atoms with van der Waals surface area (Å²) < 4.78 is 13.7. The van der Waals surface area contributed by atoms with Crippen LogP contribution in [0.4, 0.5) is 4.39 Å². The quantitative estimate of drug-likeness (QED) is 0.774. The van der Waals surface area contributed by atoms with Gasteiger partial charge in [-0.1, -0.05) is 56.3 Å². The molecule has 0 radical (unpaired) electrons. The van der Waals surface area contributed by atoms with Crippen LogP contribution in [0, 0.1) is 23.1 Å². The van der Waals surface area contributed by atoms with E-state index in [1.54, 1.807) is 12.1 Å². The Morgan fingerprint density at radius 2 is 1.63 bits per heavy atom. The third kappa shape index (κ3) is 2.82. The molecule has 0 N–H and O–H groups in total. The van der Waals surface area contributed by atoms with Crippen LogP contribution in [0.2, 0.25) is 0 Å². The highest BCUT2D eigenvalue weighted by atomic mass is 19.1. The lowest BCUT2D eigenvalue weighted by atomic mass is 9.89. The molecule has 0 amide bonds. The van der Waals surface area contributed by atoms with E-state index in [4.69, 9.17) is 0 Å². The van der Waals surface area contributed by atoms with Crippen LogP contribution in [0.1, 0.15) is 25.3 Å². The summed E-state index contributed by atoms with van der Waals surface area (Å²) in [4.78, 5) is 0. The fourth-order valence-corrected chi connectivity index (χ4v) is 2.17. The highest BCUT2D eigenvalue weighted by Gasteiger charge is 2.15. The molecule has 2 aromatic carbocycles. The SMILES string of the molecule is CC(C)C(C#N)c1ccc(-c2ccccc2F)cc1. The molecule has 0 aliphatic rings. The first-order valence-electron chi connectivity index (χ1n) is 6.38. The molecule has 19 heavy (non-hydrogen) atoms. The molecule has 0 spiro atoms. The molecule has 96 valence electrons. The van der Waals surface area contributed by atoms with Crippen molar-refractivity contribution >= 4 is 0 Å². The van der Waals surface area contributed by atoms with Gasteiger partial charge >= 0.3 is 0 Å². The molecule has 1 unspecified atom stereocenters. The number of nitrogens with zero attached hydrogens (tertiary/aromatic N) is 1. The first-order valence-corrected chi connectivity index (χ1v) is 6.38. The minimum Gasteiger partial charge on any atom is -0.206 e. The van der Waals surface area contributed by atoms with E-state index in [2.05, 4.69) is 6.07 Å². The number of hydrogen-bond donors (Lipinski definition) is 0. The van der Waals surface area contributed by atoms with E-state index < -0.39 is 0 Å². The summed E-state index contributed by atoms with van der Waals surface area (Å²) in [6.07, 6.45) is 0. The van der Waals surface area contributed by atoms with Crippen molar-refractivity contribution in [1.82, 2.24) is 0 Å². The molecular weight excluding hydrogens is 237 g/mol. The highest BCUT2D eigenvalue weighted by Crippen LogP contribution is 2.27. The van der Waals surface area contributed by atoms with Gasteiger partial charge in [0.1, 0.15) is 5.82 Å². The van der Waals surface area contributed by atoms with Gasteiger partial charge in [-0.2, -0.15) is 5.26 Å². The maximum atomic E-state index is 13.7. The maximum absolute atomic E-state index is 13.7. The molecule has 0 heterocycles. The second-order valence-corrected chi connectivity index (χ2v) is 4.95. The van der Waals surface area contributed by atoms with Crippen molar-refractivity contribution in [3.05, 3.63) is 59.9 Å². The summed E-state index contributed by atoms with van der Waals surface area (Å²) in [7, 11) is 0. The van der Waals surface area contributed by atoms with Crippen LogP contribution in [0.25, 0.3) is 11.1 Å². The number of benzene rings is 2.